The topological polar surface area (TPSA) is 86.7 Å². The van der Waals surface area contributed by atoms with Gasteiger partial charge in [0.25, 0.3) is 0 Å². The molecule has 1 unspecified atom stereocenters. The Balaban J connectivity index is 1.70. The second-order valence-corrected chi connectivity index (χ2v) is 7.37. The second kappa shape index (κ2) is 6.69. The van der Waals surface area contributed by atoms with Gasteiger partial charge in [0.05, 0.1) is 10.9 Å². The Labute approximate surface area is 171 Å². The van der Waals surface area contributed by atoms with E-state index in [-0.39, 0.29) is 16.9 Å². The molecule has 0 saturated carbocycles. The molecule has 0 N–H and O–H groups in total. The van der Waals surface area contributed by atoms with Crippen molar-refractivity contribution in [2.45, 2.75) is 32.6 Å². The summed E-state index contributed by atoms with van der Waals surface area (Å²) in [5.41, 5.74) is 2.46. The molecule has 1 atom stereocenters. The van der Waals surface area contributed by atoms with E-state index in [0.717, 1.165) is 24.0 Å². The van der Waals surface area contributed by atoms with Crippen molar-refractivity contribution in [2.75, 3.05) is 0 Å². The maximum absolute atomic E-state index is 13.2. The summed E-state index contributed by atoms with van der Waals surface area (Å²) in [4.78, 5) is 38.3. The number of hydrogen-bond donors (Lipinski definition) is 0. The molecule has 5 rings (SSSR count). The normalized spacial score (nSPS) is 16.1. The van der Waals surface area contributed by atoms with E-state index in [1.807, 2.05) is 32.0 Å². The summed E-state index contributed by atoms with van der Waals surface area (Å²) in [6.45, 7) is 4.00. The maximum Gasteiger partial charge on any atom is 0.347 e. The predicted octanol–water partition coefficient (Wildman–Crippen LogP) is 4.55. The van der Waals surface area contributed by atoms with Crippen molar-refractivity contribution in [3.63, 3.8) is 0 Å². The number of furan rings is 1. The number of ketones is 1. The Hall–Kier alpha value is -3.67. The third kappa shape index (κ3) is 2.68. The van der Waals surface area contributed by atoms with Gasteiger partial charge in [-0.25, -0.2) is 4.79 Å². The van der Waals surface area contributed by atoms with Crippen LogP contribution >= 0.6 is 0 Å². The Kier molecular flexibility index (Phi) is 4.10. The molecule has 2 aromatic carbocycles. The van der Waals surface area contributed by atoms with Gasteiger partial charge in [0.15, 0.2) is 17.3 Å². The first kappa shape index (κ1) is 18.4. The third-order valence-electron chi connectivity index (χ3n) is 5.58. The van der Waals surface area contributed by atoms with Crippen molar-refractivity contribution >= 4 is 33.7 Å². The smallest absolute Gasteiger partial charge is 0.347 e. The molecule has 0 saturated heterocycles. The molecule has 1 aliphatic heterocycles. The van der Waals surface area contributed by atoms with Crippen molar-refractivity contribution in [1.29, 1.82) is 0 Å². The second-order valence-electron chi connectivity index (χ2n) is 7.37. The number of benzene rings is 2. The number of aryl methyl sites for hydroxylation is 2. The zero-order valence-electron chi connectivity index (χ0n) is 16.5. The fourth-order valence-corrected chi connectivity index (χ4v) is 3.88. The average molecular weight is 402 g/mol. The molecule has 6 nitrogen and oxygen atoms in total. The van der Waals surface area contributed by atoms with Crippen molar-refractivity contribution in [3.05, 3.63) is 75.3 Å². The molecular weight excluding hydrogens is 384 g/mol. The van der Waals surface area contributed by atoms with Crippen LogP contribution in [0.25, 0.3) is 21.9 Å². The number of rotatable bonds is 3. The van der Waals surface area contributed by atoms with Crippen LogP contribution < -0.4 is 10.4 Å². The largest absolute Gasteiger partial charge is 0.459 e. The Bertz CT molecular complexity index is 1400. The lowest BCUT2D eigenvalue weighted by atomic mass is 9.91. The van der Waals surface area contributed by atoms with Crippen LogP contribution in [0.4, 0.5) is 0 Å². The van der Waals surface area contributed by atoms with Gasteiger partial charge in [0.1, 0.15) is 22.5 Å². The third-order valence-corrected chi connectivity index (χ3v) is 5.58. The molecule has 0 bridgehead atoms. The molecule has 6 heteroatoms. The van der Waals surface area contributed by atoms with Crippen LogP contribution in [0.1, 0.15) is 47.0 Å². The number of Topliss-reactive ketones (excluding diaryl/α,β-unsaturated/α-hetero) is 1. The first-order chi connectivity index (χ1) is 14.5. The summed E-state index contributed by atoms with van der Waals surface area (Å²) in [5.74, 6) is -2.07. The molecule has 0 radical (unpaired) electrons. The van der Waals surface area contributed by atoms with Crippen LogP contribution in [0, 0.1) is 0 Å². The zero-order valence-corrected chi connectivity index (χ0v) is 16.5. The molecular formula is C24H18O6. The number of carbonyl (C=O) groups excluding carboxylic acids is 2. The highest BCUT2D eigenvalue weighted by molar-refractivity contribution is 6.17. The predicted molar refractivity (Wildman–Crippen MR) is 110 cm³/mol. The average Bonchev–Trinajstić information content (AvgIpc) is 3.19. The molecule has 30 heavy (non-hydrogen) atoms. The van der Waals surface area contributed by atoms with Gasteiger partial charge in [0.2, 0.25) is 0 Å². The standard InChI is InChI=1S/C24H18O6/c1-3-12-5-7-17-14(9-12)21(25)20(24(27)30-17)19-11-16-22(28-19)15-10-13(4-2)6-8-18(15)29-23(16)26/h5-11,20H,3-4H2,1-2H3. The molecule has 2 aromatic heterocycles. The van der Waals surface area contributed by atoms with Crippen molar-refractivity contribution in [3.8, 4) is 5.75 Å². The summed E-state index contributed by atoms with van der Waals surface area (Å²) in [6.07, 6.45) is 1.55. The highest BCUT2D eigenvalue weighted by atomic mass is 16.5. The van der Waals surface area contributed by atoms with E-state index in [1.165, 1.54) is 6.07 Å². The molecule has 1 aliphatic rings. The van der Waals surface area contributed by atoms with E-state index in [0.29, 0.717) is 22.1 Å². The maximum atomic E-state index is 13.2. The van der Waals surface area contributed by atoms with Gasteiger partial charge in [-0.05, 0) is 54.3 Å². The lowest BCUT2D eigenvalue weighted by molar-refractivity contribution is -0.135. The Morgan fingerprint density at radius 1 is 0.833 bits per heavy atom. The lowest BCUT2D eigenvalue weighted by Gasteiger charge is -2.21. The number of carbonyl (C=O) groups is 2. The van der Waals surface area contributed by atoms with Gasteiger partial charge in [-0.15, -0.1) is 0 Å². The summed E-state index contributed by atoms with van der Waals surface area (Å²) < 4.78 is 16.7. The molecule has 0 aliphatic carbocycles. The molecule has 3 heterocycles. The van der Waals surface area contributed by atoms with E-state index in [4.69, 9.17) is 13.6 Å². The number of esters is 1. The molecule has 0 fully saturated rings. The van der Waals surface area contributed by atoms with Crippen LogP contribution in [0.3, 0.4) is 0 Å². The van der Waals surface area contributed by atoms with Crippen molar-refractivity contribution in [2.24, 2.45) is 0 Å². The summed E-state index contributed by atoms with van der Waals surface area (Å²) in [6, 6.07) is 12.1. The van der Waals surface area contributed by atoms with Crippen LogP contribution in [0.2, 0.25) is 0 Å². The molecule has 0 amide bonds. The lowest BCUT2D eigenvalue weighted by Crippen LogP contribution is -2.31. The van der Waals surface area contributed by atoms with Gasteiger partial charge >= 0.3 is 11.6 Å². The van der Waals surface area contributed by atoms with Gasteiger partial charge in [0, 0.05) is 0 Å². The highest BCUT2D eigenvalue weighted by Crippen LogP contribution is 2.37. The van der Waals surface area contributed by atoms with Crippen LogP contribution in [-0.4, -0.2) is 11.8 Å². The minimum absolute atomic E-state index is 0.0780. The number of hydrogen-bond acceptors (Lipinski definition) is 6. The minimum Gasteiger partial charge on any atom is -0.459 e. The first-order valence-corrected chi connectivity index (χ1v) is 9.88. The van der Waals surface area contributed by atoms with E-state index in [2.05, 4.69) is 0 Å². The van der Waals surface area contributed by atoms with E-state index >= 15 is 0 Å². The SMILES string of the molecule is CCc1ccc2c(c1)C(=O)C(c1cc3c(=O)oc4ccc(CC)cc4c3o1)C(=O)O2. The monoisotopic (exact) mass is 402 g/mol. The Morgan fingerprint density at radius 3 is 2.33 bits per heavy atom. The number of fused-ring (bicyclic) bond motifs is 4. The van der Waals surface area contributed by atoms with Gasteiger partial charge in [-0.3, -0.25) is 9.59 Å². The van der Waals surface area contributed by atoms with Gasteiger partial charge in [-0.1, -0.05) is 26.0 Å². The first-order valence-electron chi connectivity index (χ1n) is 9.88. The van der Waals surface area contributed by atoms with E-state index in [1.54, 1.807) is 18.2 Å². The fraction of sp³-hybridized carbons (Fsp3) is 0.208. The van der Waals surface area contributed by atoms with E-state index < -0.39 is 23.3 Å². The van der Waals surface area contributed by atoms with Crippen LogP contribution in [0.5, 0.6) is 5.75 Å². The van der Waals surface area contributed by atoms with Crippen molar-refractivity contribution < 1.29 is 23.2 Å². The molecule has 150 valence electrons. The highest BCUT2D eigenvalue weighted by Gasteiger charge is 2.40. The molecule has 0 spiro atoms. The summed E-state index contributed by atoms with van der Waals surface area (Å²) in [7, 11) is 0. The van der Waals surface area contributed by atoms with E-state index in [9.17, 15) is 14.4 Å². The summed E-state index contributed by atoms with van der Waals surface area (Å²) in [5, 5.41) is 0.819. The quantitative estimate of drug-likeness (QED) is 0.216. The number of ether oxygens (including phenoxy) is 1. The fourth-order valence-electron chi connectivity index (χ4n) is 3.88. The minimum atomic E-state index is -1.26. The van der Waals surface area contributed by atoms with Crippen LogP contribution in [-0.2, 0) is 17.6 Å². The van der Waals surface area contributed by atoms with Crippen molar-refractivity contribution in [1.82, 2.24) is 0 Å². The van der Waals surface area contributed by atoms with Crippen LogP contribution in [0.15, 0.2) is 56.1 Å². The zero-order chi connectivity index (χ0) is 21.0. The Morgan fingerprint density at radius 2 is 1.57 bits per heavy atom. The van der Waals surface area contributed by atoms with Gasteiger partial charge < -0.3 is 13.6 Å². The van der Waals surface area contributed by atoms with Gasteiger partial charge in [-0.2, -0.15) is 0 Å². The molecule has 4 aromatic rings. The summed E-state index contributed by atoms with van der Waals surface area (Å²) >= 11 is 0.